The highest BCUT2D eigenvalue weighted by Crippen LogP contribution is 2.07. The number of carbonyl (C=O) groups excluding carboxylic acids is 1. The van der Waals surface area contributed by atoms with Crippen molar-refractivity contribution in [3.05, 3.63) is 24.0 Å². The maximum absolute atomic E-state index is 11.2. The monoisotopic (exact) mass is 242 g/mol. The van der Waals surface area contributed by atoms with Crippen LogP contribution in [0, 0.1) is 0 Å². The lowest BCUT2D eigenvalue weighted by molar-refractivity contribution is -0.115. The summed E-state index contributed by atoms with van der Waals surface area (Å²) in [5.41, 5.74) is 6.13. The Balaban J connectivity index is 2.76. The number of alkyl halides is 1. The van der Waals surface area contributed by atoms with Crippen LogP contribution in [0.25, 0.3) is 0 Å². The minimum atomic E-state index is -0.622. The molecule has 0 bridgehead atoms. The number of aromatic nitrogens is 1. The summed E-state index contributed by atoms with van der Waals surface area (Å²) in [5.74, 6) is -0.413. The summed E-state index contributed by atoms with van der Waals surface area (Å²) in [6, 6.07) is 3.10. The Kier molecular flexibility index (Phi) is 4.07. The van der Waals surface area contributed by atoms with E-state index < -0.39 is 5.38 Å². The highest BCUT2D eigenvalue weighted by Gasteiger charge is 2.09. The maximum atomic E-state index is 11.2. The first kappa shape index (κ1) is 12.3. The Morgan fingerprint density at radius 2 is 2.38 bits per heavy atom. The SMILES string of the molecule is CC(Cl)C(=O)Nc1ccc(C(N)=NO)nc1. The zero-order valence-corrected chi connectivity index (χ0v) is 9.27. The van der Waals surface area contributed by atoms with E-state index in [1.54, 1.807) is 13.0 Å². The molecule has 1 amide bonds. The summed E-state index contributed by atoms with van der Waals surface area (Å²) >= 11 is 5.58. The van der Waals surface area contributed by atoms with Crippen molar-refractivity contribution < 1.29 is 10.0 Å². The lowest BCUT2D eigenvalue weighted by Crippen LogP contribution is -2.21. The Hall–Kier alpha value is -1.82. The Morgan fingerprint density at radius 1 is 1.69 bits per heavy atom. The van der Waals surface area contributed by atoms with Gasteiger partial charge < -0.3 is 16.3 Å². The number of halogens is 1. The fourth-order valence-corrected chi connectivity index (χ4v) is 0.967. The molecule has 6 nitrogen and oxygen atoms in total. The van der Waals surface area contributed by atoms with E-state index in [9.17, 15) is 4.79 Å². The standard InChI is InChI=1S/C9H11ClN4O2/c1-5(10)9(15)13-6-2-3-7(12-4-6)8(11)14-16/h2-5,16H,1H3,(H2,11,14)(H,13,15). The molecule has 0 spiro atoms. The van der Waals surface area contributed by atoms with Crippen molar-refractivity contribution in [3.63, 3.8) is 0 Å². The molecule has 1 aromatic heterocycles. The van der Waals surface area contributed by atoms with Gasteiger partial charge in [-0.1, -0.05) is 5.16 Å². The van der Waals surface area contributed by atoms with Crippen molar-refractivity contribution in [2.45, 2.75) is 12.3 Å². The minimum absolute atomic E-state index is 0.0939. The molecule has 1 unspecified atom stereocenters. The lowest BCUT2D eigenvalue weighted by atomic mass is 10.3. The van der Waals surface area contributed by atoms with Gasteiger partial charge in [-0.05, 0) is 19.1 Å². The van der Waals surface area contributed by atoms with E-state index in [2.05, 4.69) is 15.5 Å². The van der Waals surface area contributed by atoms with Crippen molar-refractivity contribution in [2.24, 2.45) is 10.9 Å². The highest BCUT2D eigenvalue weighted by molar-refractivity contribution is 6.32. The van der Waals surface area contributed by atoms with Gasteiger partial charge in [0, 0.05) is 0 Å². The normalized spacial score (nSPS) is 13.2. The highest BCUT2D eigenvalue weighted by atomic mass is 35.5. The van der Waals surface area contributed by atoms with Crippen molar-refractivity contribution in [1.29, 1.82) is 0 Å². The summed E-state index contributed by atoms with van der Waals surface area (Å²) in [5, 5.41) is 13.1. The number of anilines is 1. The average Bonchev–Trinajstić information content (AvgIpc) is 2.28. The number of hydrogen-bond donors (Lipinski definition) is 3. The van der Waals surface area contributed by atoms with Crippen LogP contribution in [0.3, 0.4) is 0 Å². The number of amidine groups is 1. The number of pyridine rings is 1. The number of nitrogens with zero attached hydrogens (tertiary/aromatic N) is 2. The van der Waals surface area contributed by atoms with Gasteiger partial charge in [-0.25, -0.2) is 0 Å². The van der Waals surface area contributed by atoms with Crippen molar-refractivity contribution in [2.75, 3.05) is 5.32 Å². The first-order chi connectivity index (χ1) is 7.54. The molecule has 0 aliphatic heterocycles. The molecule has 1 rings (SSSR count). The zero-order valence-electron chi connectivity index (χ0n) is 8.51. The fourth-order valence-electron chi connectivity index (χ4n) is 0.912. The molecule has 1 atom stereocenters. The van der Waals surface area contributed by atoms with E-state index in [1.807, 2.05) is 0 Å². The largest absolute Gasteiger partial charge is 0.409 e. The van der Waals surface area contributed by atoms with Gasteiger partial charge in [-0.15, -0.1) is 11.6 Å². The Morgan fingerprint density at radius 3 is 2.81 bits per heavy atom. The van der Waals surface area contributed by atoms with E-state index in [0.717, 1.165) is 0 Å². The maximum Gasteiger partial charge on any atom is 0.242 e. The number of amides is 1. The fraction of sp³-hybridized carbons (Fsp3) is 0.222. The van der Waals surface area contributed by atoms with Crippen LogP contribution in [-0.4, -0.2) is 27.3 Å². The first-order valence-electron chi connectivity index (χ1n) is 4.43. The van der Waals surface area contributed by atoms with Crippen LogP contribution in [-0.2, 0) is 4.79 Å². The average molecular weight is 243 g/mol. The van der Waals surface area contributed by atoms with E-state index in [-0.39, 0.29) is 11.7 Å². The second-order valence-corrected chi connectivity index (χ2v) is 3.68. The molecule has 0 aliphatic rings. The predicted octanol–water partition coefficient (Wildman–Crippen LogP) is 0.742. The van der Waals surface area contributed by atoms with Crippen LogP contribution in [0.15, 0.2) is 23.5 Å². The quantitative estimate of drug-likeness (QED) is 0.239. The second-order valence-electron chi connectivity index (χ2n) is 3.02. The third-order valence-electron chi connectivity index (χ3n) is 1.76. The van der Waals surface area contributed by atoms with Crippen molar-refractivity contribution in [3.8, 4) is 0 Å². The van der Waals surface area contributed by atoms with Gasteiger partial charge in [0.15, 0.2) is 5.84 Å². The molecule has 1 aromatic rings. The molecule has 16 heavy (non-hydrogen) atoms. The van der Waals surface area contributed by atoms with E-state index in [4.69, 9.17) is 22.5 Å². The van der Waals surface area contributed by atoms with E-state index >= 15 is 0 Å². The number of oxime groups is 1. The van der Waals surface area contributed by atoms with Crippen LogP contribution < -0.4 is 11.1 Å². The predicted molar refractivity (Wildman–Crippen MR) is 60.7 cm³/mol. The summed E-state index contributed by atoms with van der Waals surface area (Å²) < 4.78 is 0. The molecule has 0 radical (unpaired) electrons. The number of rotatable bonds is 3. The van der Waals surface area contributed by atoms with Gasteiger partial charge in [0.2, 0.25) is 5.91 Å². The van der Waals surface area contributed by atoms with Crippen LogP contribution in [0.2, 0.25) is 0 Å². The van der Waals surface area contributed by atoms with Crippen LogP contribution >= 0.6 is 11.6 Å². The number of carbonyl (C=O) groups is 1. The summed E-state index contributed by atoms with van der Waals surface area (Å²) in [6.07, 6.45) is 1.39. The topological polar surface area (TPSA) is 101 Å². The molecule has 7 heteroatoms. The molecule has 0 aromatic carbocycles. The van der Waals surface area contributed by atoms with Crippen molar-refractivity contribution in [1.82, 2.24) is 4.98 Å². The molecule has 0 saturated carbocycles. The van der Waals surface area contributed by atoms with Crippen LogP contribution in [0.4, 0.5) is 5.69 Å². The molecular formula is C9H11ClN4O2. The molecule has 0 aliphatic carbocycles. The number of nitrogens with two attached hydrogens (primary N) is 1. The first-order valence-corrected chi connectivity index (χ1v) is 4.87. The molecule has 0 fully saturated rings. The Bertz CT molecular complexity index is 402. The van der Waals surface area contributed by atoms with Gasteiger partial charge in [0.05, 0.1) is 11.9 Å². The third kappa shape index (κ3) is 3.09. The van der Waals surface area contributed by atoms with Gasteiger partial charge in [0.1, 0.15) is 11.1 Å². The molecule has 1 heterocycles. The third-order valence-corrected chi connectivity index (χ3v) is 1.96. The minimum Gasteiger partial charge on any atom is -0.409 e. The molecule has 4 N–H and O–H groups in total. The van der Waals surface area contributed by atoms with E-state index in [0.29, 0.717) is 11.4 Å². The summed E-state index contributed by atoms with van der Waals surface area (Å²) in [4.78, 5) is 15.1. The van der Waals surface area contributed by atoms with E-state index in [1.165, 1.54) is 12.3 Å². The van der Waals surface area contributed by atoms with Gasteiger partial charge >= 0.3 is 0 Å². The zero-order chi connectivity index (χ0) is 12.1. The molecule has 86 valence electrons. The lowest BCUT2D eigenvalue weighted by Gasteiger charge is -2.06. The molecular weight excluding hydrogens is 232 g/mol. The van der Waals surface area contributed by atoms with Gasteiger partial charge in [-0.2, -0.15) is 0 Å². The van der Waals surface area contributed by atoms with Crippen LogP contribution in [0.5, 0.6) is 0 Å². The molecule has 0 saturated heterocycles. The van der Waals surface area contributed by atoms with Crippen LogP contribution in [0.1, 0.15) is 12.6 Å². The van der Waals surface area contributed by atoms with Gasteiger partial charge in [-0.3, -0.25) is 9.78 Å². The second kappa shape index (κ2) is 5.32. The Labute approximate surface area is 97.1 Å². The number of nitrogens with one attached hydrogen (secondary N) is 1. The van der Waals surface area contributed by atoms with Crippen molar-refractivity contribution >= 4 is 29.0 Å². The summed E-state index contributed by atoms with van der Waals surface area (Å²) in [6.45, 7) is 1.56. The number of hydrogen-bond acceptors (Lipinski definition) is 4. The summed E-state index contributed by atoms with van der Waals surface area (Å²) in [7, 11) is 0. The smallest absolute Gasteiger partial charge is 0.242 e. The van der Waals surface area contributed by atoms with Gasteiger partial charge in [0.25, 0.3) is 0 Å².